The number of aromatic nitrogens is 6. The van der Waals surface area contributed by atoms with Crippen LogP contribution in [-0.2, 0) is 16.1 Å². The largest absolute Gasteiger partial charge is 0.459 e. The van der Waals surface area contributed by atoms with Gasteiger partial charge in [0.25, 0.3) is 11.8 Å². The molecule has 1 aromatic carbocycles. The van der Waals surface area contributed by atoms with Crippen molar-refractivity contribution < 1.29 is 18.4 Å². The molecule has 10 nitrogen and oxygen atoms in total. The Hall–Kier alpha value is -4.08. The molecule has 0 N–H and O–H groups in total. The minimum absolute atomic E-state index is 0.132. The number of hydrogen-bond acceptors (Lipinski definition) is 9. The molecule has 0 saturated carbocycles. The molecular weight excluding hydrogens is 364 g/mol. The average molecular weight is 378 g/mol. The van der Waals surface area contributed by atoms with E-state index in [1.807, 2.05) is 30.3 Å². The summed E-state index contributed by atoms with van der Waals surface area (Å²) in [4.78, 5) is 12.7. The molecule has 3 aromatic heterocycles. The molecule has 0 aliphatic carbocycles. The highest BCUT2D eigenvalue weighted by molar-refractivity contribution is 6.15. The third kappa shape index (κ3) is 3.70. The molecule has 0 radical (unpaired) electrons. The predicted octanol–water partition coefficient (Wildman–Crippen LogP) is 2.37. The van der Waals surface area contributed by atoms with E-state index < -0.39 is 5.97 Å². The van der Waals surface area contributed by atoms with Crippen LogP contribution in [0.4, 0.5) is 0 Å². The van der Waals surface area contributed by atoms with Crippen molar-refractivity contribution in [2.75, 3.05) is 0 Å². The summed E-state index contributed by atoms with van der Waals surface area (Å²) in [6.07, 6.45) is 3.13. The molecule has 0 atom stereocenters. The molecule has 140 valence electrons. The predicted molar refractivity (Wildman–Crippen MR) is 95.0 cm³/mol. The van der Waals surface area contributed by atoms with E-state index in [9.17, 15) is 4.79 Å². The van der Waals surface area contributed by atoms with E-state index in [4.69, 9.17) is 13.6 Å². The molecule has 0 aliphatic heterocycles. The summed E-state index contributed by atoms with van der Waals surface area (Å²) in [7, 11) is 0. The maximum Gasteiger partial charge on any atom is 0.357 e. The highest BCUT2D eigenvalue weighted by atomic mass is 16.5. The first-order chi connectivity index (χ1) is 13.7. The standard InChI is InChI=1S/C18H14N6O4/c1-12-19-22-23-24(12)14(10-13-6-3-2-4-7-13)18(25)27-11-16-20-21-17(28-16)15-8-5-9-26-15/h2-10H,11H2,1H3/b14-10-. The first-order valence-corrected chi connectivity index (χ1v) is 8.26. The summed E-state index contributed by atoms with van der Waals surface area (Å²) in [6.45, 7) is 1.47. The molecule has 28 heavy (non-hydrogen) atoms. The summed E-state index contributed by atoms with van der Waals surface area (Å²) < 4.78 is 17.2. The summed E-state index contributed by atoms with van der Waals surface area (Å²) in [6, 6.07) is 12.7. The lowest BCUT2D eigenvalue weighted by Crippen LogP contribution is -2.15. The molecule has 0 aliphatic rings. The zero-order valence-electron chi connectivity index (χ0n) is 14.7. The van der Waals surface area contributed by atoms with Crippen LogP contribution in [0.2, 0.25) is 0 Å². The van der Waals surface area contributed by atoms with Gasteiger partial charge in [0.1, 0.15) is 0 Å². The van der Waals surface area contributed by atoms with E-state index in [0.29, 0.717) is 11.6 Å². The van der Waals surface area contributed by atoms with Crippen LogP contribution in [0.15, 0.2) is 57.6 Å². The third-order valence-electron chi connectivity index (χ3n) is 3.69. The van der Waals surface area contributed by atoms with Crippen molar-refractivity contribution >= 4 is 17.7 Å². The first kappa shape index (κ1) is 17.3. The van der Waals surface area contributed by atoms with Gasteiger partial charge in [0, 0.05) is 0 Å². The number of carbonyl (C=O) groups excluding carboxylic acids is 1. The van der Waals surface area contributed by atoms with E-state index in [1.54, 1.807) is 25.1 Å². The van der Waals surface area contributed by atoms with Crippen molar-refractivity contribution in [3.8, 4) is 11.7 Å². The Morgan fingerprint density at radius 2 is 2.00 bits per heavy atom. The van der Waals surface area contributed by atoms with Gasteiger partial charge >= 0.3 is 5.97 Å². The summed E-state index contributed by atoms with van der Waals surface area (Å²) in [5.41, 5.74) is 0.946. The Morgan fingerprint density at radius 3 is 2.71 bits per heavy atom. The molecule has 0 saturated heterocycles. The highest BCUT2D eigenvalue weighted by Crippen LogP contribution is 2.19. The van der Waals surface area contributed by atoms with Gasteiger partial charge in [-0.1, -0.05) is 30.3 Å². The molecule has 0 spiro atoms. The molecule has 4 rings (SSSR count). The van der Waals surface area contributed by atoms with Crippen molar-refractivity contribution in [2.45, 2.75) is 13.5 Å². The number of esters is 1. The van der Waals surface area contributed by atoms with E-state index in [1.165, 1.54) is 10.9 Å². The lowest BCUT2D eigenvalue weighted by molar-refractivity contribution is -0.139. The van der Waals surface area contributed by atoms with Crippen LogP contribution in [0.5, 0.6) is 0 Å². The summed E-state index contributed by atoms with van der Waals surface area (Å²) in [5.74, 6) is 0.563. The average Bonchev–Trinajstić information content (AvgIpc) is 3.46. The van der Waals surface area contributed by atoms with Gasteiger partial charge in [-0.15, -0.1) is 15.3 Å². The fourth-order valence-corrected chi connectivity index (χ4v) is 2.38. The number of ether oxygens (including phenoxy) is 1. The van der Waals surface area contributed by atoms with E-state index in [-0.39, 0.29) is 24.1 Å². The number of tetrazole rings is 1. The SMILES string of the molecule is Cc1nnnn1/C(=C\c1ccccc1)C(=O)OCc1nnc(-c2ccco2)o1. The molecule has 0 unspecified atom stereocenters. The van der Waals surface area contributed by atoms with Crippen LogP contribution in [-0.4, -0.2) is 36.4 Å². The second-order valence-corrected chi connectivity index (χ2v) is 5.63. The highest BCUT2D eigenvalue weighted by Gasteiger charge is 2.19. The van der Waals surface area contributed by atoms with Crippen LogP contribution in [0.25, 0.3) is 23.4 Å². The van der Waals surface area contributed by atoms with Gasteiger partial charge in [0.15, 0.2) is 23.9 Å². The number of aryl methyl sites for hydroxylation is 1. The van der Waals surface area contributed by atoms with Gasteiger partial charge in [0.2, 0.25) is 0 Å². The Balaban J connectivity index is 1.53. The lowest BCUT2D eigenvalue weighted by Gasteiger charge is -2.07. The number of furan rings is 1. The second kappa shape index (κ2) is 7.66. The number of hydrogen-bond donors (Lipinski definition) is 0. The molecule has 0 fully saturated rings. The monoisotopic (exact) mass is 378 g/mol. The van der Waals surface area contributed by atoms with Crippen LogP contribution >= 0.6 is 0 Å². The van der Waals surface area contributed by atoms with Crippen LogP contribution < -0.4 is 0 Å². The van der Waals surface area contributed by atoms with Crippen LogP contribution in [0, 0.1) is 6.92 Å². The molecule has 0 bridgehead atoms. The van der Waals surface area contributed by atoms with Gasteiger partial charge in [0.05, 0.1) is 6.26 Å². The smallest absolute Gasteiger partial charge is 0.357 e. The number of rotatable bonds is 6. The lowest BCUT2D eigenvalue weighted by atomic mass is 10.2. The topological polar surface area (TPSA) is 122 Å². The second-order valence-electron chi connectivity index (χ2n) is 5.63. The van der Waals surface area contributed by atoms with Gasteiger partial charge in [-0.2, -0.15) is 4.68 Å². The normalized spacial score (nSPS) is 11.5. The summed E-state index contributed by atoms with van der Waals surface area (Å²) >= 11 is 0. The van der Waals surface area contributed by atoms with Gasteiger partial charge < -0.3 is 13.6 Å². The van der Waals surface area contributed by atoms with Gasteiger partial charge in [-0.05, 0) is 41.1 Å². The minimum Gasteiger partial charge on any atom is -0.459 e. The van der Waals surface area contributed by atoms with Crippen LogP contribution in [0.1, 0.15) is 17.3 Å². The maximum absolute atomic E-state index is 12.7. The Labute approximate surface area is 158 Å². The molecular formula is C18H14N6O4. The Kier molecular flexibility index (Phi) is 4.74. The van der Waals surface area contributed by atoms with E-state index >= 15 is 0 Å². The zero-order valence-corrected chi connectivity index (χ0v) is 14.7. The Bertz CT molecular complexity index is 1100. The van der Waals surface area contributed by atoms with Crippen molar-refractivity contribution in [2.24, 2.45) is 0 Å². The quantitative estimate of drug-likeness (QED) is 0.367. The van der Waals surface area contributed by atoms with Crippen molar-refractivity contribution in [1.29, 1.82) is 0 Å². The maximum atomic E-state index is 12.7. The number of carbonyl (C=O) groups is 1. The fraction of sp³-hybridized carbons (Fsp3) is 0.111. The minimum atomic E-state index is -0.642. The van der Waals surface area contributed by atoms with Gasteiger partial charge in [-0.3, -0.25) is 0 Å². The molecule has 4 aromatic rings. The first-order valence-electron chi connectivity index (χ1n) is 8.26. The number of benzene rings is 1. The number of nitrogens with zero attached hydrogens (tertiary/aromatic N) is 6. The molecule has 3 heterocycles. The molecule has 10 heteroatoms. The fourth-order valence-electron chi connectivity index (χ4n) is 2.38. The third-order valence-corrected chi connectivity index (χ3v) is 3.69. The van der Waals surface area contributed by atoms with Gasteiger partial charge in [-0.25, -0.2) is 4.79 Å². The van der Waals surface area contributed by atoms with Crippen LogP contribution in [0.3, 0.4) is 0 Å². The van der Waals surface area contributed by atoms with Crippen molar-refractivity contribution in [3.05, 3.63) is 66.0 Å². The van der Waals surface area contributed by atoms with E-state index in [0.717, 1.165) is 5.56 Å². The zero-order chi connectivity index (χ0) is 19.3. The van der Waals surface area contributed by atoms with Crippen molar-refractivity contribution in [1.82, 2.24) is 30.4 Å². The summed E-state index contributed by atoms with van der Waals surface area (Å²) in [5, 5.41) is 18.9. The van der Waals surface area contributed by atoms with Crippen molar-refractivity contribution in [3.63, 3.8) is 0 Å². The van der Waals surface area contributed by atoms with E-state index in [2.05, 4.69) is 25.7 Å². The Morgan fingerprint density at radius 1 is 1.14 bits per heavy atom. The molecule has 0 amide bonds.